The van der Waals surface area contributed by atoms with E-state index in [1.807, 2.05) is 0 Å². The maximum absolute atomic E-state index is 13.1. The van der Waals surface area contributed by atoms with Gasteiger partial charge >= 0.3 is 6.18 Å². The van der Waals surface area contributed by atoms with Crippen LogP contribution in [0.1, 0.15) is 27.8 Å². The molecule has 1 aliphatic heterocycles. The van der Waals surface area contributed by atoms with Gasteiger partial charge in [-0.05, 0) is 54.6 Å². The van der Waals surface area contributed by atoms with Gasteiger partial charge in [-0.2, -0.15) is 13.2 Å². The van der Waals surface area contributed by atoms with Gasteiger partial charge in [0, 0.05) is 17.6 Å². The first-order valence-electron chi connectivity index (χ1n) is 8.75. The fraction of sp³-hybridized carbons (Fsp3) is 0.143. The molecule has 5 nitrogen and oxygen atoms in total. The number of rotatable bonds is 4. The van der Waals surface area contributed by atoms with Crippen molar-refractivity contribution in [3.8, 4) is 5.75 Å². The fourth-order valence-corrected chi connectivity index (χ4v) is 3.27. The number of aromatic nitrogens is 1. The summed E-state index contributed by atoms with van der Waals surface area (Å²) in [6.45, 7) is 0. The lowest BCUT2D eigenvalue weighted by Gasteiger charge is -2.27. The van der Waals surface area contributed by atoms with Gasteiger partial charge in [-0.1, -0.05) is 6.07 Å². The van der Waals surface area contributed by atoms with Crippen molar-refractivity contribution in [3.63, 3.8) is 0 Å². The zero-order valence-corrected chi connectivity index (χ0v) is 15.3. The third kappa shape index (κ3) is 3.49. The number of benzene rings is 2. The molecule has 1 aliphatic rings. The van der Waals surface area contributed by atoms with Crippen LogP contribution < -0.4 is 15.0 Å². The number of alkyl halides is 3. The van der Waals surface area contributed by atoms with E-state index >= 15 is 0 Å². The Balaban J connectivity index is 1.74. The number of hydrogen-bond donors (Lipinski definition) is 1. The molecule has 29 heavy (non-hydrogen) atoms. The number of amides is 1. The molecule has 4 rings (SSSR count). The van der Waals surface area contributed by atoms with Gasteiger partial charge in [0.1, 0.15) is 5.75 Å². The summed E-state index contributed by atoms with van der Waals surface area (Å²) in [6.07, 6.45) is -3.67. The van der Waals surface area contributed by atoms with E-state index in [-0.39, 0.29) is 11.6 Å². The van der Waals surface area contributed by atoms with Crippen molar-refractivity contribution in [2.24, 2.45) is 0 Å². The molecule has 1 atom stereocenters. The van der Waals surface area contributed by atoms with Gasteiger partial charge in [-0.15, -0.1) is 0 Å². The number of carbonyl (C=O) groups excluding carboxylic acids is 1. The molecule has 0 bridgehead atoms. The highest BCUT2D eigenvalue weighted by Gasteiger charge is 2.39. The lowest BCUT2D eigenvalue weighted by molar-refractivity contribution is -0.137. The van der Waals surface area contributed by atoms with E-state index in [4.69, 9.17) is 4.74 Å². The van der Waals surface area contributed by atoms with Crippen molar-refractivity contribution in [2.45, 2.75) is 12.3 Å². The minimum Gasteiger partial charge on any atom is -0.497 e. The highest BCUT2D eigenvalue weighted by atomic mass is 19.4. The molecule has 0 fully saturated rings. The second-order valence-electron chi connectivity index (χ2n) is 6.43. The Hall–Kier alpha value is -3.55. The summed E-state index contributed by atoms with van der Waals surface area (Å²) >= 11 is 0. The van der Waals surface area contributed by atoms with Crippen molar-refractivity contribution in [1.82, 2.24) is 4.98 Å². The Bertz CT molecular complexity index is 1050. The topological polar surface area (TPSA) is 54.5 Å². The molecule has 0 unspecified atom stereocenters. The molecule has 0 spiro atoms. The molecular formula is C21H16F3N3O2. The Morgan fingerprint density at radius 1 is 1.07 bits per heavy atom. The minimum absolute atomic E-state index is 0.231. The van der Waals surface area contributed by atoms with E-state index in [1.54, 1.807) is 42.6 Å². The van der Waals surface area contributed by atoms with Crippen molar-refractivity contribution in [3.05, 3.63) is 83.7 Å². The molecule has 1 N–H and O–H groups in total. The van der Waals surface area contributed by atoms with E-state index in [0.717, 1.165) is 12.1 Å². The van der Waals surface area contributed by atoms with Gasteiger partial charge in [0.25, 0.3) is 5.91 Å². The van der Waals surface area contributed by atoms with Gasteiger partial charge in [0.15, 0.2) is 6.17 Å². The monoisotopic (exact) mass is 399 g/mol. The number of ether oxygens (including phenoxy) is 1. The highest BCUT2D eigenvalue weighted by Crippen LogP contribution is 2.38. The second-order valence-corrected chi connectivity index (χ2v) is 6.43. The molecule has 0 radical (unpaired) electrons. The number of carbonyl (C=O) groups is 1. The molecule has 2 aromatic carbocycles. The van der Waals surface area contributed by atoms with Crippen molar-refractivity contribution >= 4 is 17.3 Å². The zero-order valence-electron chi connectivity index (χ0n) is 15.3. The smallest absolute Gasteiger partial charge is 0.416 e. The number of nitrogens with zero attached hydrogens (tertiary/aromatic N) is 2. The number of pyridine rings is 1. The van der Waals surface area contributed by atoms with Crippen LogP contribution >= 0.6 is 0 Å². The molecule has 0 saturated heterocycles. The third-order valence-corrected chi connectivity index (χ3v) is 4.65. The van der Waals surface area contributed by atoms with Crippen molar-refractivity contribution in [2.75, 3.05) is 17.3 Å². The van der Waals surface area contributed by atoms with Crippen LogP contribution in [0.4, 0.5) is 24.5 Å². The Morgan fingerprint density at radius 2 is 1.83 bits per heavy atom. The number of nitrogens with one attached hydrogen (secondary N) is 1. The first-order valence-corrected chi connectivity index (χ1v) is 8.75. The average molecular weight is 399 g/mol. The zero-order chi connectivity index (χ0) is 20.6. The first-order chi connectivity index (χ1) is 13.9. The van der Waals surface area contributed by atoms with E-state index in [9.17, 15) is 18.0 Å². The molecule has 3 aromatic rings. The summed E-state index contributed by atoms with van der Waals surface area (Å²) in [5.41, 5.74) is 0.871. The summed E-state index contributed by atoms with van der Waals surface area (Å²) in [7, 11) is 1.54. The van der Waals surface area contributed by atoms with E-state index < -0.39 is 17.9 Å². The van der Waals surface area contributed by atoms with Crippen LogP contribution in [0, 0.1) is 0 Å². The van der Waals surface area contributed by atoms with E-state index in [2.05, 4.69) is 10.3 Å². The molecule has 0 aliphatic carbocycles. The first kappa shape index (κ1) is 18.8. The Morgan fingerprint density at radius 3 is 2.52 bits per heavy atom. The maximum Gasteiger partial charge on any atom is 0.416 e. The second kappa shape index (κ2) is 7.12. The van der Waals surface area contributed by atoms with Crippen molar-refractivity contribution < 1.29 is 22.7 Å². The number of anilines is 2. The predicted octanol–water partition coefficient (Wildman–Crippen LogP) is 4.88. The molecule has 1 aromatic heterocycles. The SMILES string of the molecule is COc1ccc(N2C(=O)c3cccnc3[C@@H]2Nc2cccc(C(F)(F)F)c2)cc1. The van der Waals surface area contributed by atoms with Crippen LogP contribution in [-0.2, 0) is 6.18 Å². The summed E-state index contributed by atoms with van der Waals surface area (Å²) in [5.74, 6) is 0.334. The molecule has 8 heteroatoms. The lowest BCUT2D eigenvalue weighted by Crippen LogP contribution is -2.32. The van der Waals surface area contributed by atoms with Gasteiger partial charge < -0.3 is 10.1 Å². The number of halogens is 3. The Kier molecular flexibility index (Phi) is 4.62. The van der Waals surface area contributed by atoms with Crippen LogP contribution in [-0.4, -0.2) is 18.0 Å². The molecule has 1 amide bonds. The van der Waals surface area contributed by atoms with Crippen LogP contribution in [0.3, 0.4) is 0 Å². The Labute approximate surface area is 164 Å². The summed E-state index contributed by atoms with van der Waals surface area (Å²) in [4.78, 5) is 18.8. The maximum atomic E-state index is 13.1. The lowest BCUT2D eigenvalue weighted by atomic mass is 10.1. The standard InChI is InChI=1S/C21H16F3N3O2/c1-29-16-9-7-15(8-10-16)27-19(18-17(20(27)28)6-3-11-25-18)26-14-5-2-4-13(12-14)21(22,23)24/h2-12,19,26H,1H3/t19-/m1/s1. The normalized spacial score (nSPS) is 15.9. The van der Waals surface area contributed by atoms with E-state index in [1.165, 1.54) is 24.1 Å². The third-order valence-electron chi connectivity index (χ3n) is 4.65. The molecule has 0 saturated carbocycles. The fourth-order valence-electron chi connectivity index (χ4n) is 3.27. The summed E-state index contributed by atoms with van der Waals surface area (Å²) in [6, 6.07) is 15.0. The quantitative estimate of drug-likeness (QED) is 0.679. The number of fused-ring (bicyclic) bond motifs is 1. The van der Waals surface area contributed by atoms with Crippen LogP contribution in [0.2, 0.25) is 0 Å². The van der Waals surface area contributed by atoms with Crippen LogP contribution in [0.5, 0.6) is 5.75 Å². The van der Waals surface area contributed by atoms with Crippen LogP contribution in [0.25, 0.3) is 0 Å². The predicted molar refractivity (Wildman–Crippen MR) is 102 cm³/mol. The summed E-state index contributed by atoms with van der Waals surface area (Å²) < 4.78 is 44.4. The molecular weight excluding hydrogens is 383 g/mol. The molecule has 148 valence electrons. The number of methoxy groups -OCH3 is 1. The molecule has 2 heterocycles. The largest absolute Gasteiger partial charge is 0.497 e. The van der Waals surface area contributed by atoms with Gasteiger partial charge in [0.2, 0.25) is 0 Å². The highest BCUT2D eigenvalue weighted by molar-refractivity contribution is 6.11. The summed E-state index contributed by atoms with van der Waals surface area (Å²) in [5, 5.41) is 3.03. The van der Waals surface area contributed by atoms with Gasteiger partial charge in [-0.3, -0.25) is 14.7 Å². The minimum atomic E-state index is -4.46. The van der Waals surface area contributed by atoms with Crippen molar-refractivity contribution in [1.29, 1.82) is 0 Å². The average Bonchev–Trinajstić information content (AvgIpc) is 3.00. The number of hydrogen-bond acceptors (Lipinski definition) is 4. The van der Waals surface area contributed by atoms with Crippen LogP contribution in [0.15, 0.2) is 66.9 Å². The van der Waals surface area contributed by atoms with E-state index in [0.29, 0.717) is 22.7 Å². The van der Waals surface area contributed by atoms with Gasteiger partial charge in [-0.25, -0.2) is 0 Å². The van der Waals surface area contributed by atoms with Gasteiger partial charge in [0.05, 0.1) is 23.9 Å².